The van der Waals surface area contributed by atoms with Crippen LogP contribution in [0.15, 0.2) is 17.3 Å². The summed E-state index contributed by atoms with van der Waals surface area (Å²) < 4.78 is 25.9. The summed E-state index contributed by atoms with van der Waals surface area (Å²) in [5, 5.41) is 15.3. The predicted octanol–water partition coefficient (Wildman–Crippen LogP) is 0.0182. The van der Waals surface area contributed by atoms with Gasteiger partial charge >= 0.3 is 0 Å². The van der Waals surface area contributed by atoms with E-state index < -0.39 is 15.6 Å². The lowest BCUT2D eigenvalue weighted by atomic mass is 10.0. The molecule has 0 saturated carbocycles. The smallest absolute Gasteiger partial charge is 0.260 e. The number of hydrogen-bond donors (Lipinski definition) is 1. The predicted molar refractivity (Wildman–Crippen MR) is 68.6 cm³/mol. The minimum absolute atomic E-state index is 0.112. The van der Waals surface area contributed by atoms with Crippen molar-refractivity contribution < 1.29 is 8.42 Å². The maximum absolute atomic E-state index is 12.2. The largest absolute Gasteiger partial charge is 0.283 e. The SMILES string of the molecule is CC(C)(C#N)N1CCN(S(=O)(=O)c2ccn[nH]2)CC1. The van der Waals surface area contributed by atoms with Crippen molar-refractivity contribution in [2.75, 3.05) is 26.2 Å². The molecule has 7 nitrogen and oxygen atoms in total. The van der Waals surface area contributed by atoms with Crippen LogP contribution in [0.4, 0.5) is 0 Å². The zero-order valence-electron chi connectivity index (χ0n) is 11.0. The van der Waals surface area contributed by atoms with Crippen LogP contribution in [-0.4, -0.2) is 59.5 Å². The molecule has 104 valence electrons. The fourth-order valence-corrected chi connectivity index (χ4v) is 3.41. The summed E-state index contributed by atoms with van der Waals surface area (Å²) in [5.74, 6) is 0. The van der Waals surface area contributed by atoms with Gasteiger partial charge in [-0.2, -0.15) is 14.7 Å². The molecule has 8 heteroatoms. The van der Waals surface area contributed by atoms with Crippen molar-refractivity contribution in [2.45, 2.75) is 24.4 Å². The van der Waals surface area contributed by atoms with Crippen molar-refractivity contribution >= 4 is 10.0 Å². The molecule has 0 atom stereocenters. The number of H-pyrrole nitrogens is 1. The van der Waals surface area contributed by atoms with Crippen molar-refractivity contribution in [1.29, 1.82) is 5.26 Å². The van der Waals surface area contributed by atoms with Gasteiger partial charge < -0.3 is 0 Å². The quantitative estimate of drug-likeness (QED) is 0.844. The first-order chi connectivity index (χ1) is 8.88. The summed E-state index contributed by atoms with van der Waals surface area (Å²) in [5.41, 5.74) is -0.566. The van der Waals surface area contributed by atoms with Gasteiger partial charge in [0.25, 0.3) is 10.0 Å². The van der Waals surface area contributed by atoms with Crippen molar-refractivity contribution in [2.24, 2.45) is 0 Å². The highest BCUT2D eigenvalue weighted by atomic mass is 32.2. The minimum atomic E-state index is -3.49. The third-order valence-corrected chi connectivity index (χ3v) is 5.22. The van der Waals surface area contributed by atoms with Gasteiger partial charge in [-0.1, -0.05) is 0 Å². The highest BCUT2D eigenvalue weighted by molar-refractivity contribution is 7.89. The molecule has 19 heavy (non-hydrogen) atoms. The number of nitrogens with one attached hydrogen (secondary N) is 1. The van der Waals surface area contributed by atoms with Crippen molar-refractivity contribution in [3.05, 3.63) is 12.3 Å². The summed E-state index contributed by atoms with van der Waals surface area (Å²) in [6.07, 6.45) is 1.42. The van der Waals surface area contributed by atoms with Crippen molar-refractivity contribution in [3.8, 4) is 6.07 Å². The van der Waals surface area contributed by atoms with Crippen LogP contribution in [-0.2, 0) is 10.0 Å². The van der Waals surface area contributed by atoms with Crippen LogP contribution in [0.2, 0.25) is 0 Å². The Labute approximate surface area is 112 Å². The Morgan fingerprint density at radius 1 is 1.37 bits per heavy atom. The molecule has 2 rings (SSSR count). The molecule has 0 bridgehead atoms. The number of aromatic nitrogens is 2. The van der Waals surface area contributed by atoms with Gasteiger partial charge in [-0.25, -0.2) is 8.42 Å². The Bertz CT molecular complexity index is 565. The first-order valence-electron chi connectivity index (χ1n) is 6.04. The van der Waals surface area contributed by atoms with Crippen LogP contribution >= 0.6 is 0 Å². The molecule has 1 aliphatic rings. The van der Waals surface area contributed by atoms with E-state index in [1.807, 2.05) is 18.7 Å². The van der Waals surface area contributed by atoms with Crippen molar-refractivity contribution in [3.63, 3.8) is 0 Å². The van der Waals surface area contributed by atoms with E-state index in [1.165, 1.54) is 16.6 Å². The molecular weight excluding hydrogens is 266 g/mol. The molecule has 0 spiro atoms. The van der Waals surface area contributed by atoms with E-state index >= 15 is 0 Å². The van der Waals surface area contributed by atoms with Gasteiger partial charge in [-0.05, 0) is 19.9 Å². The average molecular weight is 283 g/mol. The lowest BCUT2D eigenvalue weighted by molar-refractivity contribution is 0.115. The Morgan fingerprint density at radius 3 is 2.47 bits per heavy atom. The standard InChI is InChI=1S/C11H17N5O2S/c1-11(2,9-12)15-5-7-16(8-6-15)19(17,18)10-3-4-13-14-10/h3-4H,5-8H2,1-2H3,(H,13,14). The van der Waals surface area contributed by atoms with E-state index in [-0.39, 0.29) is 5.03 Å². The number of piperazine rings is 1. The van der Waals surface area contributed by atoms with E-state index in [4.69, 9.17) is 5.26 Å². The van der Waals surface area contributed by atoms with Gasteiger partial charge in [0.15, 0.2) is 5.03 Å². The van der Waals surface area contributed by atoms with E-state index in [0.717, 1.165) is 0 Å². The first kappa shape index (κ1) is 14.0. The topological polar surface area (TPSA) is 93.1 Å². The van der Waals surface area contributed by atoms with E-state index in [1.54, 1.807) is 0 Å². The summed E-state index contributed by atoms with van der Waals surface area (Å²) in [4.78, 5) is 1.99. The zero-order chi connectivity index (χ0) is 14.1. The number of nitrogens with zero attached hydrogens (tertiary/aromatic N) is 4. The van der Waals surface area contributed by atoms with Crippen LogP contribution in [0.3, 0.4) is 0 Å². The molecule has 2 heterocycles. The monoisotopic (exact) mass is 283 g/mol. The van der Waals surface area contributed by atoms with Crippen LogP contribution in [0.5, 0.6) is 0 Å². The maximum Gasteiger partial charge on any atom is 0.260 e. The number of hydrogen-bond acceptors (Lipinski definition) is 5. The van der Waals surface area contributed by atoms with Gasteiger partial charge in [-0.3, -0.25) is 10.00 Å². The summed E-state index contributed by atoms with van der Waals surface area (Å²) in [6, 6.07) is 3.68. The fourth-order valence-electron chi connectivity index (χ4n) is 2.08. The number of aromatic amines is 1. The third kappa shape index (κ3) is 2.63. The molecule has 1 N–H and O–H groups in total. The molecule has 0 radical (unpaired) electrons. The Hall–Kier alpha value is -1.43. The summed E-state index contributed by atoms with van der Waals surface area (Å²) in [6.45, 7) is 5.54. The van der Waals surface area contributed by atoms with Crippen molar-refractivity contribution in [1.82, 2.24) is 19.4 Å². The Kier molecular flexibility index (Phi) is 3.62. The average Bonchev–Trinajstić information content (AvgIpc) is 2.93. The van der Waals surface area contributed by atoms with Crippen LogP contribution in [0, 0.1) is 11.3 Å². The lowest BCUT2D eigenvalue weighted by Gasteiger charge is -2.39. The van der Waals surface area contributed by atoms with E-state index in [2.05, 4.69) is 16.3 Å². The molecule has 0 unspecified atom stereocenters. The molecule has 1 fully saturated rings. The molecule has 1 aliphatic heterocycles. The molecule has 1 aromatic rings. The van der Waals surface area contributed by atoms with Crippen LogP contribution in [0.1, 0.15) is 13.8 Å². The second-order valence-electron chi connectivity index (χ2n) is 4.98. The zero-order valence-corrected chi connectivity index (χ0v) is 11.8. The van der Waals surface area contributed by atoms with Crippen LogP contribution in [0.25, 0.3) is 0 Å². The van der Waals surface area contributed by atoms with Gasteiger partial charge in [0.2, 0.25) is 0 Å². The molecule has 0 amide bonds. The fraction of sp³-hybridized carbons (Fsp3) is 0.636. The second-order valence-corrected chi connectivity index (χ2v) is 6.89. The summed E-state index contributed by atoms with van der Waals surface area (Å²) >= 11 is 0. The van der Waals surface area contributed by atoms with Gasteiger partial charge in [0, 0.05) is 26.2 Å². The van der Waals surface area contributed by atoms with E-state index in [9.17, 15) is 8.42 Å². The highest BCUT2D eigenvalue weighted by Crippen LogP contribution is 2.19. The van der Waals surface area contributed by atoms with Gasteiger partial charge in [0.05, 0.1) is 12.3 Å². The number of rotatable bonds is 3. The lowest BCUT2D eigenvalue weighted by Crippen LogP contribution is -2.55. The van der Waals surface area contributed by atoms with Gasteiger partial charge in [-0.15, -0.1) is 0 Å². The normalized spacial score (nSPS) is 19.2. The molecule has 1 aromatic heterocycles. The Balaban J connectivity index is 2.08. The minimum Gasteiger partial charge on any atom is -0.283 e. The number of sulfonamides is 1. The molecule has 0 aromatic carbocycles. The molecule has 0 aliphatic carbocycles. The molecular formula is C11H17N5O2S. The maximum atomic E-state index is 12.2. The van der Waals surface area contributed by atoms with E-state index in [0.29, 0.717) is 26.2 Å². The van der Waals surface area contributed by atoms with Crippen LogP contribution < -0.4 is 0 Å². The molecule has 1 saturated heterocycles. The second kappa shape index (κ2) is 4.92. The Morgan fingerprint density at radius 2 is 2.00 bits per heavy atom. The van der Waals surface area contributed by atoms with Gasteiger partial charge in [0.1, 0.15) is 5.54 Å². The highest BCUT2D eigenvalue weighted by Gasteiger charge is 2.34. The summed E-state index contributed by atoms with van der Waals surface area (Å²) in [7, 11) is -3.49. The first-order valence-corrected chi connectivity index (χ1v) is 7.48. The third-order valence-electron chi connectivity index (χ3n) is 3.40. The number of nitriles is 1.